The van der Waals surface area contributed by atoms with Crippen LogP contribution in [-0.4, -0.2) is 53.4 Å². The summed E-state index contributed by atoms with van der Waals surface area (Å²) in [6, 6.07) is 4.06. The van der Waals surface area contributed by atoms with Crippen LogP contribution < -0.4 is 5.73 Å². The lowest BCUT2D eigenvalue weighted by Gasteiger charge is -2.42. The summed E-state index contributed by atoms with van der Waals surface area (Å²) in [4.78, 5) is 6.28. The van der Waals surface area contributed by atoms with Crippen LogP contribution in [0.4, 0.5) is 0 Å². The van der Waals surface area contributed by atoms with Crippen molar-refractivity contribution in [3.05, 3.63) is 30.1 Å². The molecule has 3 unspecified atom stereocenters. The molecule has 1 fully saturated rings. The first-order valence-corrected chi connectivity index (χ1v) is 6.34. The number of aromatic nitrogens is 1. The third-order valence-electron chi connectivity index (χ3n) is 3.39. The molecule has 0 radical (unpaired) electrons. The fourth-order valence-electron chi connectivity index (χ4n) is 2.55. The lowest BCUT2D eigenvalue weighted by Crippen LogP contribution is -2.52. The number of nitrogens with two attached hydrogens (primary N) is 1. The van der Waals surface area contributed by atoms with Gasteiger partial charge in [-0.1, -0.05) is 0 Å². The minimum atomic E-state index is -0.0143. The van der Waals surface area contributed by atoms with Gasteiger partial charge in [0, 0.05) is 25.0 Å². The first-order chi connectivity index (χ1) is 8.74. The SMILES string of the molecule is CC(N)C(c1ccncc1)N1CCOCC1CO. The molecule has 0 saturated carbocycles. The van der Waals surface area contributed by atoms with E-state index in [2.05, 4.69) is 9.88 Å². The van der Waals surface area contributed by atoms with Crippen molar-refractivity contribution >= 4 is 0 Å². The molecule has 3 atom stereocenters. The molecule has 0 amide bonds. The molecule has 5 heteroatoms. The maximum absolute atomic E-state index is 9.46. The van der Waals surface area contributed by atoms with Crippen LogP contribution in [0.25, 0.3) is 0 Å². The number of hydrogen-bond donors (Lipinski definition) is 2. The van der Waals surface area contributed by atoms with Gasteiger partial charge in [0.05, 0.1) is 31.9 Å². The molecule has 100 valence electrons. The summed E-state index contributed by atoms with van der Waals surface area (Å²) in [6.07, 6.45) is 3.55. The van der Waals surface area contributed by atoms with E-state index in [4.69, 9.17) is 10.5 Å². The summed E-state index contributed by atoms with van der Waals surface area (Å²) >= 11 is 0. The van der Waals surface area contributed by atoms with Crippen LogP contribution in [-0.2, 0) is 4.74 Å². The Balaban J connectivity index is 2.24. The Hall–Kier alpha value is -1.01. The van der Waals surface area contributed by atoms with Crippen LogP contribution in [0.2, 0.25) is 0 Å². The molecule has 1 aromatic rings. The van der Waals surface area contributed by atoms with E-state index < -0.39 is 0 Å². The van der Waals surface area contributed by atoms with E-state index in [1.54, 1.807) is 12.4 Å². The predicted octanol–water partition coefficient (Wildman–Crippen LogP) is 0.163. The number of nitrogens with zero attached hydrogens (tertiary/aromatic N) is 2. The van der Waals surface area contributed by atoms with Crippen LogP contribution >= 0.6 is 0 Å². The van der Waals surface area contributed by atoms with Crippen LogP contribution in [0.5, 0.6) is 0 Å². The second-order valence-corrected chi connectivity index (χ2v) is 4.73. The Kier molecular flexibility index (Phi) is 4.66. The highest BCUT2D eigenvalue weighted by Gasteiger charge is 2.31. The summed E-state index contributed by atoms with van der Waals surface area (Å²) in [5, 5.41) is 9.46. The molecule has 18 heavy (non-hydrogen) atoms. The normalized spacial score (nSPS) is 24.7. The van der Waals surface area contributed by atoms with Gasteiger partial charge in [-0.05, 0) is 24.6 Å². The lowest BCUT2D eigenvalue weighted by atomic mass is 9.98. The van der Waals surface area contributed by atoms with E-state index in [-0.39, 0.29) is 24.7 Å². The van der Waals surface area contributed by atoms with Gasteiger partial charge in [0.2, 0.25) is 0 Å². The van der Waals surface area contributed by atoms with Gasteiger partial charge < -0.3 is 15.6 Å². The molecule has 1 saturated heterocycles. The third-order valence-corrected chi connectivity index (χ3v) is 3.39. The van der Waals surface area contributed by atoms with Crippen molar-refractivity contribution in [2.24, 2.45) is 5.73 Å². The first-order valence-electron chi connectivity index (χ1n) is 6.34. The Morgan fingerprint density at radius 3 is 2.89 bits per heavy atom. The molecule has 0 aromatic carbocycles. The summed E-state index contributed by atoms with van der Waals surface area (Å²) in [5.74, 6) is 0. The fraction of sp³-hybridized carbons (Fsp3) is 0.615. The van der Waals surface area contributed by atoms with Crippen molar-refractivity contribution in [2.75, 3.05) is 26.4 Å². The number of ether oxygens (including phenoxy) is 1. The summed E-state index contributed by atoms with van der Waals surface area (Å²) in [6.45, 7) is 4.12. The highest BCUT2D eigenvalue weighted by atomic mass is 16.5. The van der Waals surface area contributed by atoms with Crippen LogP contribution in [0.3, 0.4) is 0 Å². The zero-order chi connectivity index (χ0) is 13.0. The van der Waals surface area contributed by atoms with E-state index in [0.29, 0.717) is 13.2 Å². The second-order valence-electron chi connectivity index (χ2n) is 4.73. The standard InChI is InChI=1S/C13H21N3O2/c1-10(14)13(11-2-4-15-5-3-11)16-6-7-18-9-12(16)8-17/h2-5,10,12-13,17H,6-9,14H2,1H3. The largest absolute Gasteiger partial charge is 0.395 e. The number of morpholine rings is 1. The lowest BCUT2D eigenvalue weighted by molar-refractivity contribution is -0.0516. The number of pyridine rings is 1. The van der Waals surface area contributed by atoms with Crippen molar-refractivity contribution in [2.45, 2.75) is 25.0 Å². The van der Waals surface area contributed by atoms with E-state index in [0.717, 1.165) is 12.1 Å². The topological polar surface area (TPSA) is 71.6 Å². The van der Waals surface area contributed by atoms with Gasteiger partial charge in [-0.3, -0.25) is 9.88 Å². The van der Waals surface area contributed by atoms with E-state index in [9.17, 15) is 5.11 Å². The quantitative estimate of drug-likeness (QED) is 0.798. The van der Waals surface area contributed by atoms with Crippen molar-refractivity contribution in [1.29, 1.82) is 0 Å². The average Bonchev–Trinajstić information content (AvgIpc) is 2.40. The molecular formula is C13H21N3O2. The number of hydrogen-bond acceptors (Lipinski definition) is 5. The zero-order valence-electron chi connectivity index (χ0n) is 10.7. The Labute approximate surface area is 108 Å². The fourth-order valence-corrected chi connectivity index (χ4v) is 2.55. The summed E-state index contributed by atoms with van der Waals surface area (Å²) < 4.78 is 5.41. The minimum Gasteiger partial charge on any atom is -0.395 e. The molecule has 1 aliphatic rings. The van der Waals surface area contributed by atoms with E-state index in [1.807, 2.05) is 19.1 Å². The molecule has 0 aliphatic carbocycles. The van der Waals surface area contributed by atoms with E-state index in [1.165, 1.54) is 0 Å². The average molecular weight is 251 g/mol. The van der Waals surface area contributed by atoms with Gasteiger partial charge in [0.15, 0.2) is 0 Å². The van der Waals surface area contributed by atoms with Crippen LogP contribution in [0.15, 0.2) is 24.5 Å². The molecule has 2 rings (SSSR count). The van der Waals surface area contributed by atoms with Crippen LogP contribution in [0.1, 0.15) is 18.5 Å². The van der Waals surface area contributed by atoms with Crippen molar-refractivity contribution in [3.63, 3.8) is 0 Å². The molecule has 1 aromatic heterocycles. The molecule has 0 bridgehead atoms. The highest BCUT2D eigenvalue weighted by molar-refractivity contribution is 5.17. The Morgan fingerprint density at radius 1 is 1.56 bits per heavy atom. The van der Waals surface area contributed by atoms with Gasteiger partial charge in [0.1, 0.15) is 0 Å². The third kappa shape index (κ3) is 2.87. The molecule has 2 heterocycles. The molecule has 5 nitrogen and oxygen atoms in total. The summed E-state index contributed by atoms with van der Waals surface area (Å²) in [7, 11) is 0. The number of rotatable bonds is 4. The maximum Gasteiger partial charge on any atom is 0.0645 e. The zero-order valence-corrected chi connectivity index (χ0v) is 10.7. The highest BCUT2D eigenvalue weighted by Crippen LogP contribution is 2.26. The van der Waals surface area contributed by atoms with Gasteiger partial charge in [-0.25, -0.2) is 0 Å². The molecular weight excluding hydrogens is 230 g/mol. The van der Waals surface area contributed by atoms with Gasteiger partial charge in [-0.2, -0.15) is 0 Å². The van der Waals surface area contributed by atoms with Gasteiger partial charge in [0.25, 0.3) is 0 Å². The molecule has 1 aliphatic heterocycles. The van der Waals surface area contributed by atoms with Crippen molar-refractivity contribution in [1.82, 2.24) is 9.88 Å². The van der Waals surface area contributed by atoms with Gasteiger partial charge in [-0.15, -0.1) is 0 Å². The monoisotopic (exact) mass is 251 g/mol. The molecule has 3 N–H and O–H groups in total. The first kappa shape index (κ1) is 13.4. The van der Waals surface area contributed by atoms with Crippen molar-refractivity contribution in [3.8, 4) is 0 Å². The van der Waals surface area contributed by atoms with Crippen molar-refractivity contribution < 1.29 is 9.84 Å². The second kappa shape index (κ2) is 6.24. The molecule has 0 spiro atoms. The summed E-state index contributed by atoms with van der Waals surface area (Å²) in [5.41, 5.74) is 7.27. The Morgan fingerprint density at radius 2 is 2.28 bits per heavy atom. The number of aliphatic hydroxyl groups excluding tert-OH is 1. The van der Waals surface area contributed by atoms with E-state index >= 15 is 0 Å². The van der Waals surface area contributed by atoms with Gasteiger partial charge >= 0.3 is 0 Å². The number of aliphatic hydroxyl groups is 1. The smallest absolute Gasteiger partial charge is 0.0645 e. The maximum atomic E-state index is 9.46. The Bertz CT molecular complexity index is 359. The predicted molar refractivity (Wildman–Crippen MR) is 69.0 cm³/mol. The minimum absolute atomic E-state index is 0.0143. The van der Waals surface area contributed by atoms with Crippen LogP contribution in [0, 0.1) is 0 Å².